The van der Waals surface area contributed by atoms with E-state index in [2.05, 4.69) is 10.3 Å². The fraction of sp³-hybridized carbons (Fsp3) is 0.278. The Labute approximate surface area is 154 Å². The Bertz CT molecular complexity index is 966. The van der Waals surface area contributed by atoms with E-state index in [1.54, 1.807) is 25.5 Å². The van der Waals surface area contributed by atoms with Crippen LogP contribution in [0.2, 0.25) is 5.02 Å². The van der Waals surface area contributed by atoms with Crippen LogP contribution < -0.4 is 15.7 Å². The van der Waals surface area contributed by atoms with E-state index in [-0.39, 0.29) is 12.5 Å². The number of hydrogen-bond acceptors (Lipinski definition) is 5. The van der Waals surface area contributed by atoms with Gasteiger partial charge in [-0.05, 0) is 25.0 Å². The average molecular weight is 376 g/mol. The van der Waals surface area contributed by atoms with Gasteiger partial charge in [-0.25, -0.2) is 9.78 Å². The molecule has 2 aromatic heterocycles. The number of halogens is 1. The zero-order chi connectivity index (χ0) is 18.5. The maximum Gasteiger partial charge on any atom is 0.336 e. The molecule has 0 aliphatic carbocycles. The van der Waals surface area contributed by atoms with Crippen molar-refractivity contribution in [1.29, 1.82) is 0 Å². The molecule has 0 fully saturated rings. The molecule has 0 saturated carbocycles. The van der Waals surface area contributed by atoms with Crippen LogP contribution in [-0.2, 0) is 11.3 Å². The lowest BCUT2D eigenvalue weighted by molar-refractivity contribution is -0.123. The Morgan fingerprint density at radius 1 is 1.38 bits per heavy atom. The first-order valence-corrected chi connectivity index (χ1v) is 8.50. The molecule has 1 aromatic carbocycles. The molecule has 3 rings (SSSR count). The van der Waals surface area contributed by atoms with E-state index < -0.39 is 5.63 Å². The predicted octanol–water partition coefficient (Wildman–Crippen LogP) is 2.54. The molecule has 0 radical (unpaired) electrons. The van der Waals surface area contributed by atoms with E-state index in [4.69, 9.17) is 20.8 Å². The van der Waals surface area contributed by atoms with Crippen molar-refractivity contribution in [3.05, 3.63) is 57.9 Å². The van der Waals surface area contributed by atoms with Crippen LogP contribution in [0.1, 0.15) is 12.0 Å². The summed E-state index contributed by atoms with van der Waals surface area (Å²) in [5.74, 6) is 0.0407. The number of fused-ring (bicyclic) bond motifs is 1. The van der Waals surface area contributed by atoms with E-state index in [1.165, 1.54) is 12.1 Å². The average Bonchev–Trinajstić information content (AvgIpc) is 3.11. The molecule has 0 spiro atoms. The van der Waals surface area contributed by atoms with Gasteiger partial charge in [-0.15, -0.1) is 0 Å². The van der Waals surface area contributed by atoms with Gasteiger partial charge in [0.25, 0.3) is 5.91 Å². The first-order chi connectivity index (χ1) is 12.5. The number of aryl methyl sites for hydroxylation is 2. The number of carbonyl (C=O) groups is 1. The summed E-state index contributed by atoms with van der Waals surface area (Å²) >= 11 is 6.20. The van der Waals surface area contributed by atoms with Crippen molar-refractivity contribution in [3.8, 4) is 5.75 Å². The Morgan fingerprint density at radius 3 is 3.00 bits per heavy atom. The predicted molar refractivity (Wildman–Crippen MR) is 97.6 cm³/mol. The summed E-state index contributed by atoms with van der Waals surface area (Å²) in [6.07, 6.45) is 6.09. The van der Waals surface area contributed by atoms with Crippen molar-refractivity contribution < 1.29 is 13.9 Å². The minimum Gasteiger partial charge on any atom is -0.482 e. The highest BCUT2D eigenvalue weighted by atomic mass is 35.5. The molecule has 0 atom stereocenters. The topological polar surface area (TPSA) is 86.4 Å². The standard InChI is InChI=1S/C18H18ClN3O4/c1-12-7-18(24)26-15-9-16(14(19)8-13(12)15)25-10-17(23)21-3-2-5-22-6-4-20-11-22/h4,6-9,11H,2-3,5,10H2,1H3,(H,21,23). The number of nitrogens with one attached hydrogen (secondary N) is 1. The molecular weight excluding hydrogens is 358 g/mol. The summed E-state index contributed by atoms with van der Waals surface area (Å²) in [5, 5.41) is 3.85. The molecule has 3 aromatic rings. The maximum atomic E-state index is 11.9. The zero-order valence-electron chi connectivity index (χ0n) is 14.2. The van der Waals surface area contributed by atoms with Crippen molar-refractivity contribution in [2.45, 2.75) is 19.9 Å². The second-order valence-electron chi connectivity index (χ2n) is 5.82. The van der Waals surface area contributed by atoms with Crippen LogP contribution in [0.5, 0.6) is 5.75 Å². The number of imidazole rings is 1. The van der Waals surface area contributed by atoms with Gasteiger partial charge in [0.1, 0.15) is 11.3 Å². The lowest BCUT2D eigenvalue weighted by Crippen LogP contribution is -2.30. The maximum absolute atomic E-state index is 11.9. The largest absolute Gasteiger partial charge is 0.482 e. The summed E-state index contributed by atoms with van der Waals surface area (Å²) in [7, 11) is 0. The fourth-order valence-electron chi connectivity index (χ4n) is 2.53. The molecule has 26 heavy (non-hydrogen) atoms. The van der Waals surface area contributed by atoms with Gasteiger partial charge in [-0.1, -0.05) is 11.6 Å². The van der Waals surface area contributed by atoms with E-state index in [0.29, 0.717) is 22.9 Å². The highest BCUT2D eigenvalue weighted by molar-refractivity contribution is 6.32. The van der Waals surface area contributed by atoms with E-state index in [9.17, 15) is 9.59 Å². The number of aromatic nitrogens is 2. The first-order valence-electron chi connectivity index (χ1n) is 8.12. The van der Waals surface area contributed by atoms with Crippen LogP contribution in [-0.4, -0.2) is 28.6 Å². The smallest absolute Gasteiger partial charge is 0.336 e. The third-order valence-electron chi connectivity index (χ3n) is 3.84. The van der Waals surface area contributed by atoms with Crippen molar-refractivity contribution in [2.75, 3.05) is 13.2 Å². The summed E-state index contributed by atoms with van der Waals surface area (Å²) in [6.45, 7) is 2.93. The highest BCUT2D eigenvalue weighted by Gasteiger charge is 2.11. The third-order valence-corrected chi connectivity index (χ3v) is 4.13. The van der Waals surface area contributed by atoms with Crippen molar-refractivity contribution in [1.82, 2.24) is 14.9 Å². The number of nitrogens with zero attached hydrogens (tertiary/aromatic N) is 2. The van der Waals surface area contributed by atoms with Crippen LogP contribution in [0.3, 0.4) is 0 Å². The Morgan fingerprint density at radius 2 is 2.23 bits per heavy atom. The quantitative estimate of drug-likeness (QED) is 0.506. The minimum absolute atomic E-state index is 0.174. The first kappa shape index (κ1) is 18.0. The van der Waals surface area contributed by atoms with Gasteiger partial charge in [0.05, 0.1) is 11.3 Å². The lowest BCUT2D eigenvalue weighted by atomic mass is 10.1. The molecule has 2 heterocycles. The molecule has 7 nitrogen and oxygen atoms in total. The van der Waals surface area contributed by atoms with E-state index >= 15 is 0 Å². The Balaban J connectivity index is 1.54. The summed E-state index contributed by atoms with van der Waals surface area (Å²) in [5.41, 5.74) is 0.689. The molecule has 0 aliphatic rings. The van der Waals surface area contributed by atoms with Gasteiger partial charge >= 0.3 is 5.63 Å². The fourth-order valence-corrected chi connectivity index (χ4v) is 2.75. The molecule has 0 saturated heterocycles. The van der Waals surface area contributed by atoms with Gasteiger partial charge in [-0.3, -0.25) is 4.79 Å². The normalized spacial score (nSPS) is 10.8. The number of amides is 1. The SMILES string of the molecule is Cc1cc(=O)oc2cc(OCC(=O)NCCCn3ccnc3)c(Cl)cc12. The third kappa shape index (κ3) is 4.43. The summed E-state index contributed by atoms with van der Waals surface area (Å²) in [4.78, 5) is 27.3. The molecule has 1 N–H and O–H groups in total. The molecule has 8 heteroatoms. The minimum atomic E-state index is -0.445. The summed E-state index contributed by atoms with van der Waals surface area (Å²) < 4.78 is 12.6. The Hall–Kier alpha value is -2.80. The summed E-state index contributed by atoms with van der Waals surface area (Å²) in [6, 6.07) is 4.59. The van der Waals surface area contributed by atoms with E-state index in [1.807, 2.05) is 10.8 Å². The van der Waals surface area contributed by atoms with Gasteiger partial charge in [0, 0.05) is 43.0 Å². The molecule has 1 amide bonds. The molecule has 136 valence electrons. The number of hydrogen-bond donors (Lipinski definition) is 1. The number of carbonyl (C=O) groups excluding carboxylic acids is 1. The number of ether oxygens (including phenoxy) is 1. The number of benzene rings is 1. The van der Waals surface area contributed by atoms with Gasteiger partial charge in [0.2, 0.25) is 0 Å². The van der Waals surface area contributed by atoms with Crippen molar-refractivity contribution in [2.24, 2.45) is 0 Å². The monoisotopic (exact) mass is 375 g/mol. The van der Waals surface area contributed by atoms with Gasteiger partial charge in [-0.2, -0.15) is 0 Å². The lowest BCUT2D eigenvalue weighted by Gasteiger charge is -2.10. The van der Waals surface area contributed by atoms with E-state index in [0.717, 1.165) is 23.9 Å². The highest BCUT2D eigenvalue weighted by Crippen LogP contribution is 2.30. The van der Waals surface area contributed by atoms with Crippen molar-refractivity contribution >= 4 is 28.5 Å². The van der Waals surface area contributed by atoms with Crippen molar-refractivity contribution in [3.63, 3.8) is 0 Å². The Kier molecular flexibility index (Phi) is 5.58. The number of rotatable bonds is 7. The molecule has 0 bridgehead atoms. The second kappa shape index (κ2) is 8.05. The van der Waals surface area contributed by atoms with Gasteiger partial charge in [0.15, 0.2) is 6.61 Å². The van der Waals surface area contributed by atoms with Crippen LogP contribution in [0.25, 0.3) is 11.0 Å². The second-order valence-corrected chi connectivity index (χ2v) is 6.23. The molecular formula is C18H18ClN3O4. The van der Waals surface area contributed by atoms with Crippen LogP contribution in [0.15, 0.2) is 46.1 Å². The zero-order valence-corrected chi connectivity index (χ0v) is 15.0. The van der Waals surface area contributed by atoms with Gasteiger partial charge < -0.3 is 19.0 Å². The van der Waals surface area contributed by atoms with Crippen LogP contribution in [0.4, 0.5) is 0 Å². The van der Waals surface area contributed by atoms with Crippen LogP contribution in [0, 0.1) is 6.92 Å². The van der Waals surface area contributed by atoms with Crippen LogP contribution >= 0.6 is 11.6 Å². The molecule has 0 aliphatic heterocycles. The molecule has 0 unspecified atom stereocenters.